The minimum atomic E-state index is -0.130. The maximum atomic E-state index is 12.2. The van der Waals surface area contributed by atoms with E-state index in [1.807, 2.05) is 18.4 Å². The number of benzene rings is 1. The zero-order chi connectivity index (χ0) is 14.1. The van der Waals surface area contributed by atoms with E-state index in [9.17, 15) is 4.79 Å². The third-order valence-electron chi connectivity index (χ3n) is 3.02. The molecular weight excluding hydrogens is 272 g/mol. The van der Waals surface area contributed by atoms with Crippen LogP contribution in [0.3, 0.4) is 0 Å². The lowest BCUT2D eigenvalue weighted by atomic mass is 10.1. The number of nitrogens with two attached hydrogens (primary N) is 1. The molecule has 6 heteroatoms. The number of nitrogens with one attached hydrogen (secondary N) is 2. The van der Waals surface area contributed by atoms with E-state index in [2.05, 4.69) is 15.3 Å². The molecule has 102 valence electrons. The smallest absolute Gasteiger partial charge is 0.253 e. The van der Waals surface area contributed by atoms with Crippen molar-refractivity contribution in [1.82, 2.24) is 15.3 Å². The lowest BCUT2D eigenvalue weighted by Gasteiger charge is -2.02. The Morgan fingerprint density at radius 3 is 3.10 bits per heavy atom. The van der Waals surface area contributed by atoms with Gasteiger partial charge in [0.05, 0.1) is 12.1 Å². The minimum Gasteiger partial charge on any atom is -0.399 e. The Labute approximate surface area is 119 Å². The van der Waals surface area contributed by atoms with Gasteiger partial charge in [-0.15, -0.1) is 11.3 Å². The molecule has 0 aliphatic rings. The number of aromatic nitrogens is 2. The molecule has 0 spiro atoms. The first-order chi connectivity index (χ1) is 9.63. The van der Waals surface area contributed by atoms with Crippen LogP contribution in [0.2, 0.25) is 0 Å². The number of carbonyl (C=O) groups is 1. The molecule has 0 saturated heterocycles. The number of aromatic amines is 1. The predicted octanol–water partition coefficient (Wildman–Crippen LogP) is 2.45. The summed E-state index contributed by atoms with van der Waals surface area (Å²) in [5.74, 6) is -0.130. The van der Waals surface area contributed by atoms with Gasteiger partial charge in [-0.05, 0) is 25.1 Å². The molecule has 2 heterocycles. The quantitative estimate of drug-likeness (QED) is 0.647. The molecular formula is C14H14N4OS. The summed E-state index contributed by atoms with van der Waals surface area (Å²) >= 11 is 1.54. The summed E-state index contributed by atoms with van der Waals surface area (Å²) in [4.78, 5) is 19.6. The van der Waals surface area contributed by atoms with E-state index < -0.39 is 0 Å². The average Bonchev–Trinajstić information content (AvgIpc) is 3.02. The van der Waals surface area contributed by atoms with Crippen molar-refractivity contribution in [3.8, 4) is 0 Å². The summed E-state index contributed by atoms with van der Waals surface area (Å²) in [5.41, 5.74) is 8.87. The molecule has 0 aliphatic heterocycles. The third kappa shape index (κ3) is 2.37. The van der Waals surface area contributed by atoms with Crippen molar-refractivity contribution >= 4 is 33.8 Å². The van der Waals surface area contributed by atoms with Crippen molar-refractivity contribution in [2.75, 3.05) is 5.73 Å². The van der Waals surface area contributed by atoms with E-state index in [1.165, 1.54) is 0 Å². The number of nitrogens with zero attached hydrogens (tertiary/aromatic N) is 1. The van der Waals surface area contributed by atoms with Crippen LogP contribution in [-0.4, -0.2) is 15.9 Å². The number of hydrogen-bond donors (Lipinski definition) is 3. The lowest BCUT2D eigenvalue weighted by molar-refractivity contribution is 0.0952. The molecule has 20 heavy (non-hydrogen) atoms. The van der Waals surface area contributed by atoms with Gasteiger partial charge in [-0.3, -0.25) is 4.79 Å². The summed E-state index contributed by atoms with van der Waals surface area (Å²) in [7, 11) is 0. The Morgan fingerprint density at radius 1 is 1.50 bits per heavy atom. The van der Waals surface area contributed by atoms with Crippen molar-refractivity contribution in [3.63, 3.8) is 0 Å². The summed E-state index contributed by atoms with van der Waals surface area (Å²) in [6, 6.07) is 5.47. The van der Waals surface area contributed by atoms with Gasteiger partial charge in [-0.2, -0.15) is 0 Å². The van der Waals surface area contributed by atoms with Crippen LogP contribution >= 0.6 is 11.3 Å². The Morgan fingerprint density at radius 2 is 2.35 bits per heavy atom. The molecule has 5 nitrogen and oxygen atoms in total. The largest absolute Gasteiger partial charge is 0.399 e. The topological polar surface area (TPSA) is 83.8 Å². The number of fused-ring (bicyclic) bond motifs is 1. The molecule has 1 amide bonds. The molecule has 0 bridgehead atoms. The van der Waals surface area contributed by atoms with Crippen molar-refractivity contribution in [3.05, 3.63) is 46.0 Å². The Kier molecular flexibility index (Phi) is 3.15. The number of thiazole rings is 1. The fourth-order valence-corrected chi connectivity index (χ4v) is 2.77. The maximum Gasteiger partial charge on any atom is 0.253 e. The van der Waals surface area contributed by atoms with E-state index in [-0.39, 0.29) is 5.91 Å². The third-order valence-corrected chi connectivity index (χ3v) is 3.98. The van der Waals surface area contributed by atoms with Crippen LogP contribution in [0.4, 0.5) is 5.69 Å². The van der Waals surface area contributed by atoms with Gasteiger partial charge in [0.2, 0.25) is 0 Å². The summed E-state index contributed by atoms with van der Waals surface area (Å²) < 4.78 is 0. The van der Waals surface area contributed by atoms with Gasteiger partial charge >= 0.3 is 0 Å². The number of H-pyrrole nitrogens is 1. The highest BCUT2D eigenvalue weighted by atomic mass is 32.1. The second-order valence-corrected chi connectivity index (χ2v) is 5.52. The monoisotopic (exact) mass is 286 g/mol. The summed E-state index contributed by atoms with van der Waals surface area (Å²) in [6.07, 6.45) is 1.70. The molecule has 2 aromatic heterocycles. The highest BCUT2D eigenvalue weighted by molar-refractivity contribution is 7.09. The molecule has 3 rings (SSSR count). The standard InChI is InChI=1S/C14H14N4OS/c1-8-7-20-13(18-8)6-17-14(19)11-5-16-12-3-2-9(15)4-10(11)12/h2-5,7,16H,6,15H2,1H3,(H,17,19). The SMILES string of the molecule is Cc1csc(CNC(=O)c2c[nH]c3ccc(N)cc23)n1. The number of carbonyl (C=O) groups excluding carboxylic acids is 1. The molecule has 0 radical (unpaired) electrons. The molecule has 0 saturated carbocycles. The molecule has 0 fully saturated rings. The van der Waals surface area contributed by atoms with Crippen molar-refractivity contribution in [1.29, 1.82) is 0 Å². The van der Waals surface area contributed by atoms with Gasteiger partial charge in [0.25, 0.3) is 5.91 Å². The van der Waals surface area contributed by atoms with Crippen LogP contribution in [0.5, 0.6) is 0 Å². The van der Waals surface area contributed by atoms with Crippen LogP contribution in [0.25, 0.3) is 10.9 Å². The van der Waals surface area contributed by atoms with E-state index in [4.69, 9.17) is 5.73 Å². The first-order valence-corrected chi connectivity index (χ1v) is 7.07. The van der Waals surface area contributed by atoms with Gasteiger partial charge < -0.3 is 16.0 Å². The number of hydrogen-bond acceptors (Lipinski definition) is 4. The normalized spacial score (nSPS) is 10.8. The van der Waals surface area contributed by atoms with Gasteiger partial charge in [-0.1, -0.05) is 0 Å². The average molecular weight is 286 g/mol. The molecule has 1 aromatic carbocycles. The van der Waals surface area contributed by atoms with Crippen molar-refractivity contribution in [2.24, 2.45) is 0 Å². The number of rotatable bonds is 3. The number of aryl methyl sites for hydroxylation is 1. The number of nitrogen functional groups attached to an aromatic ring is 1. The Hall–Kier alpha value is -2.34. The van der Waals surface area contributed by atoms with Crippen LogP contribution in [-0.2, 0) is 6.54 Å². The number of anilines is 1. The van der Waals surface area contributed by atoms with E-state index in [1.54, 1.807) is 29.7 Å². The Balaban J connectivity index is 1.80. The second-order valence-electron chi connectivity index (χ2n) is 4.57. The zero-order valence-corrected chi connectivity index (χ0v) is 11.8. The van der Waals surface area contributed by atoms with E-state index in [0.717, 1.165) is 21.6 Å². The van der Waals surface area contributed by atoms with Gasteiger partial charge in [-0.25, -0.2) is 4.98 Å². The fraction of sp³-hybridized carbons (Fsp3) is 0.143. The highest BCUT2D eigenvalue weighted by Gasteiger charge is 2.12. The molecule has 0 aliphatic carbocycles. The maximum absolute atomic E-state index is 12.2. The van der Waals surface area contributed by atoms with Crippen LogP contribution in [0.1, 0.15) is 21.1 Å². The molecule has 3 aromatic rings. The highest BCUT2D eigenvalue weighted by Crippen LogP contribution is 2.21. The van der Waals surface area contributed by atoms with Gasteiger partial charge in [0.1, 0.15) is 5.01 Å². The van der Waals surface area contributed by atoms with Gasteiger partial charge in [0.15, 0.2) is 0 Å². The first-order valence-electron chi connectivity index (χ1n) is 6.19. The summed E-state index contributed by atoms with van der Waals surface area (Å²) in [5, 5.41) is 6.57. The van der Waals surface area contributed by atoms with Crippen molar-refractivity contribution in [2.45, 2.75) is 13.5 Å². The number of amides is 1. The van der Waals surface area contributed by atoms with E-state index in [0.29, 0.717) is 17.8 Å². The Bertz CT molecular complexity index is 774. The van der Waals surface area contributed by atoms with Gasteiger partial charge in [0, 0.05) is 33.9 Å². The van der Waals surface area contributed by atoms with Crippen LogP contribution < -0.4 is 11.1 Å². The second kappa shape index (κ2) is 4.97. The summed E-state index contributed by atoms with van der Waals surface area (Å²) in [6.45, 7) is 2.37. The van der Waals surface area contributed by atoms with Crippen molar-refractivity contribution < 1.29 is 4.79 Å². The molecule has 0 atom stereocenters. The predicted molar refractivity (Wildman–Crippen MR) is 80.7 cm³/mol. The zero-order valence-electron chi connectivity index (χ0n) is 10.9. The van der Waals surface area contributed by atoms with Crippen LogP contribution in [0.15, 0.2) is 29.8 Å². The molecule has 0 unspecified atom stereocenters. The lowest BCUT2D eigenvalue weighted by Crippen LogP contribution is -2.22. The first kappa shape index (κ1) is 12.7. The minimum absolute atomic E-state index is 0.130. The van der Waals surface area contributed by atoms with E-state index >= 15 is 0 Å². The fourth-order valence-electron chi connectivity index (χ4n) is 2.06. The molecule has 4 N–H and O–H groups in total. The van der Waals surface area contributed by atoms with Crippen LogP contribution in [0, 0.1) is 6.92 Å².